The minimum Gasteiger partial charge on any atom is -0.495 e. The third-order valence-corrected chi connectivity index (χ3v) is 5.77. The molecule has 1 aromatic carbocycles. The van der Waals surface area contributed by atoms with Crippen LogP contribution in [0.25, 0.3) is 32.6 Å². The van der Waals surface area contributed by atoms with E-state index >= 15 is 0 Å². The van der Waals surface area contributed by atoms with Crippen molar-refractivity contribution < 1.29 is 4.74 Å². The Labute approximate surface area is 175 Å². The lowest BCUT2D eigenvalue weighted by atomic mass is 10.1. The minimum absolute atomic E-state index is 0.650. The fraction of sp³-hybridized carbons (Fsp3) is 0.0476. The predicted molar refractivity (Wildman–Crippen MR) is 116 cm³/mol. The van der Waals surface area contributed by atoms with E-state index in [1.165, 1.54) is 17.7 Å². The molecule has 0 spiro atoms. The van der Waals surface area contributed by atoms with Gasteiger partial charge in [-0.3, -0.25) is 5.10 Å². The maximum atomic E-state index is 9.12. The lowest BCUT2D eigenvalue weighted by Gasteiger charge is -2.13. The number of ether oxygens (including phenoxy) is 1. The van der Waals surface area contributed by atoms with Crippen molar-refractivity contribution in [2.24, 2.45) is 0 Å². The van der Waals surface area contributed by atoms with Crippen LogP contribution in [0.4, 0.5) is 11.5 Å². The summed E-state index contributed by atoms with van der Waals surface area (Å²) in [5.41, 5.74) is 4.34. The van der Waals surface area contributed by atoms with Gasteiger partial charge in [0, 0.05) is 28.4 Å². The Bertz CT molecular complexity index is 1380. The average molecular weight is 413 g/mol. The number of thiophene rings is 1. The number of nitrogens with zero attached hydrogens (tertiary/aromatic N) is 4. The summed E-state index contributed by atoms with van der Waals surface area (Å²) in [5.74, 6) is 1.33. The highest BCUT2D eigenvalue weighted by atomic mass is 32.1. The predicted octanol–water partition coefficient (Wildman–Crippen LogP) is 4.70. The first-order valence-corrected chi connectivity index (χ1v) is 9.85. The summed E-state index contributed by atoms with van der Waals surface area (Å²) in [6.45, 7) is 0. The molecule has 0 bridgehead atoms. The van der Waals surface area contributed by atoms with Crippen LogP contribution in [-0.2, 0) is 0 Å². The molecule has 0 radical (unpaired) electrons. The van der Waals surface area contributed by atoms with E-state index in [4.69, 9.17) is 10.00 Å². The maximum Gasteiger partial charge on any atom is 0.144 e. The topological polar surface area (TPSA) is 115 Å². The fourth-order valence-electron chi connectivity index (χ4n) is 3.32. The average Bonchev–Trinajstić information content (AvgIpc) is 3.54. The number of aromatic nitrogens is 5. The van der Waals surface area contributed by atoms with E-state index in [0.29, 0.717) is 16.4 Å². The van der Waals surface area contributed by atoms with E-state index in [0.717, 1.165) is 38.3 Å². The van der Waals surface area contributed by atoms with Crippen molar-refractivity contribution in [1.29, 1.82) is 5.26 Å². The molecule has 0 atom stereocenters. The summed E-state index contributed by atoms with van der Waals surface area (Å²) in [4.78, 5) is 13.7. The molecule has 9 heteroatoms. The summed E-state index contributed by atoms with van der Waals surface area (Å²) in [6.07, 6.45) is 6.97. The van der Waals surface area contributed by atoms with Crippen LogP contribution in [0, 0.1) is 11.3 Å². The molecule has 146 valence electrons. The highest BCUT2D eigenvalue weighted by Crippen LogP contribution is 2.38. The molecular formula is C21H15N7OS. The first-order valence-electron chi connectivity index (χ1n) is 9.03. The Morgan fingerprint density at radius 2 is 2.07 bits per heavy atom. The molecule has 0 unspecified atom stereocenters. The third-order valence-electron chi connectivity index (χ3n) is 4.73. The van der Waals surface area contributed by atoms with Crippen molar-refractivity contribution in [1.82, 2.24) is 25.1 Å². The van der Waals surface area contributed by atoms with E-state index in [1.54, 1.807) is 13.3 Å². The molecule has 4 heterocycles. The van der Waals surface area contributed by atoms with Crippen LogP contribution in [0.15, 0.2) is 55.2 Å². The van der Waals surface area contributed by atoms with Gasteiger partial charge in [-0.05, 0) is 35.9 Å². The lowest BCUT2D eigenvalue weighted by Crippen LogP contribution is -1.98. The van der Waals surface area contributed by atoms with Crippen LogP contribution in [0.2, 0.25) is 0 Å². The number of hydrogen-bond donors (Lipinski definition) is 3. The van der Waals surface area contributed by atoms with Crippen molar-refractivity contribution in [2.75, 3.05) is 12.4 Å². The molecule has 0 aliphatic heterocycles. The zero-order valence-electron chi connectivity index (χ0n) is 15.8. The Morgan fingerprint density at radius 3 is 2.83 bits per heavy atom. The highest BCUT2D eigenvalue weighted by molar-refractivity contribution is 7.16. The minimum atomic E-state index is 0.650. The monoisotopic (exact) mass is 413 g/mol. The second-order valence-corrected chi connectivity index (χ2v) is 7.53. The van der Waals surface area contributed by atoms with E-state index in [-0.39, 0.29) is 0 Å². The lowest BCUT2D eigenvalue weighted by molar-refractivity contribution is 0.417. The van der Waals surface area contributed by atoms with E-state index < -0.39 is 0 Å². The molecule has 4 aromatic heterocycles. The maximum absolute atomic E-state index is 9.12. The van der Waals surface area contributed by atoms with Gasteiger partial charge in [0.1, 0.15) is 34.5 Å². The SMILES string of the molecule is COc1ccc(-c2ccc(C#N)s2)cc1Nc1ncnc2[nH]cc(-c3cn[nH]c3)c12. The van der Waals surface area contributed by atoms with Crippen LogP contribution >= 0.6 is 11.3 Å². The van der Waals surface area contributed by atoms with E-state index in [1.807, 2.05) is 42.7 Å². The molecule has 0 fully saturated rings. The van der Waals surface area contributed by atoms with Crippen LogP contribution < -0.4 is 10.1 Å². The molecule has 0 saturated carbocycles. The second-order valence-electron chi connectivity index (χ2n) is 6.45. The number of rotatable bonds is 5. The summed E-state index contributed by atoms with van der Waals surface area (Å²) in [7, 11) is 1.63. The number of nitriles is 1. The molecule has 5 aromatic rings. The standard InChI is InChI=1S/C21H15N7OS/c1-29-17-4-2-12(18-5-3-14(7-22)30-18)6-16(17)28-21-19-15(13-8-26-27-9-13)10-23-20(19)24-11-25-21/h2-6,8-11H,1H3,(H,26,27)(H2,23,24,25,28). The Kier molecular flexibility index (Phi) is 4.38. The normalized spacial score (nSPS) is 10.8. The molecule has 0 aliphatic carbocycles. The highest BCUT2D eigenvalue weighted by Gasteiger charge is 2.16. The first-order chi connectivity index (χ1) is 14.8. The number of fused-ring (bicyclic) bond motifs is 1. The second kappa shape index (κ2) is 7.35. The van der Waals surface area contributed by atoms with Gasteiger partial charge in [0.25, 0.3) is 0 Å². The van der Waals surface area contributed by atoms with E-state index in [2.05, 4.69) is 36.5 Å². The van der Waals surface area contributed by atoms with E-state index in [9.17, 15) is 0 Å². The van der Waals surface area contributed by atoms with Crippen molar-refractivity contribution in [3.63, 3.8) is 0 Å². The summed E-state index contributed by atoms with van der Waals surface area (Å²) in [5, 5.41) is 20.2. The van der Waals surface area contributed by atoms with Gasteiger partial charge in [0.15, 0.2) is 0 Å². The first kappa shape index (κ1) is 17.9. The van der Waals surface area contributed by atoms with Crippen LogP contribution in [-0.4, -0.2) is 32.3 Å². The van der Waals surface area contributed by atoms with Gasteiger partial charge in [-0.2, -0.15) is 10.4 Å². The van der Waals surface area contributed by atoms with Crippen molar-refractivity contribution in [3.05, 3.63) is 60.1 Å². The molecule has 8 nitrogen and oxygen atoms in total. The third kappa shape index (κ3) is 3.05. The van der Waals surface area contributed by atoms with Crippen LogP contribution in [0.1, 0.15) is 4.88 Å². The Morgan fingerprint density at radius 1 is 1.13 bits per heavy atom. The summed E-state index contributed by atoms with van der Waals surface area (Å²) >= 11 is 1.45. The summed E-state index contributed by atoms with van der Waals surface area (Å²) < 4.78 is 5.55. The Balaban J connectivity index is 1.60. The zero-order valence-corrected chi connectivity index (χ0v) is 16.6. The van der Waals surface area contributed by atoms with Crippen molar-refractivity contribution in [2.45, 2.75) is 0 Å². The van der Waals surface area contributed by atoms with Crippen LogP contribution in [0.5, 0.6) is 5.75 Å². The Hall–Kier alpha value is -4.16. The number of methoxy groups -OCH3 is 1. The molecule has 3 N–H and O–H groups in total. The molecule has 0 aliphatic rings. The van der Waals surface area contributed by atoms with Gasteiger partial charge in [0.2, 0.25) is 0 Å². The largest absolute Gasteiger partial charge is 0.495 e. The molecule has 30 heavy (non-hydrogen) atoms. The van der Waals surface area contributed by atoms with Crippen LogP contribution in [0.3, 0.4) is 0 Å². The molecule has 5 rings (SSSR count). The number of benzene rings is 1. The molecular weight excluding hydrogens is 398 g/mol. The van der Waals surface area contributed by atoms with Gasteiger partial charge in [-0.25, -0.2) is 9.97 Å². The smallest absolute Gasteiger partial charge is 0.144 e. The van der Waals surface area contributed by atoms with Gasteiger partial charge in [0.05, 0.1) is 24.4 Å². The number of H-pyrrole nitrogens is 2. The molecule has 0 amide bonds. The van der Waals surface area contributed by atoms with Gasteiger partial charge < -0.3 is 15.0 Å². The van der Waals surface area contributed by atoms with Gasteiger partial charge >= 0.3 is 0 Å². The number of nitrogens with one attached hydrogen (secondary N) is 3. The number of aromatic amines is 2. The summed E-state index contributed by atoms with van der Waals surface area (Å²) in [6, 6.07) is 11.8. The van der Waals surface area contributed by atoms with Crippen molar-refractivity contribution in [3.8, 4) is 33.4 Å². The quantitative estimate of drug-likeness (QED) is 0.385. The number of hydrogen-bond acceptors (Lipinski definition) is 7. The number of anilines is 2. The van der Waals surface area contributed by atoms with Gasteiger partial charge in [-0.1, -0.05) is 0 Å². The fourth-order valence-corrected chi connectivity index (χ4v) is 4.12. The zero-order chi connectivity index (χ0) is 20.5. The van der Waals surface area contributed by atoms with Crippen molar-refractivity contribution >= 4 is 33.9 Å². The van der Waals surface area contributed by atoms with Gasteiger partial charge in [-0.15, -0.1) is 11.3 Å². The molecule has 0 saturated heterocycles.